The van der Waals surface area contributed by atoms with Crippen LogP contribution in [0.2, 0.25) is 0 Å². The molecule has 1 amide bonds. The normalized spacial score (nSPS) is 12.4. The number of benzene rings is 1. The molecule has 0 saturated heterocycles. The van der Waals surface area contributed by atoms with Gasteiger partial charge in [-0.2, -0.15) is 11.8 Å². The summed E-state index contributed by atoms with van der Waals surface area (Å²) in [6.45, 7) is 2.08. The predicted molar refractivity (Wildman–Crippen MR) is 69.4 cm³/mol. The van der Waals surface area contributed by atoms with Gasteiger partial charge in [0, 0.05) is 11.5 Å². The largest absolute Gasteiger partial charge is 0.368 e. The Morgan fingerprint density at radius 1 is 1.56 bits per heavy atom. The zero-order valence-electron chi connectivity index (χ0n) is 9.69. The quantitative estimate of drug-likeness (QED) is 0.785. The van der Waals surface area contributed by atoms with Gasteiger partial charge in [0.05, 0.1) is 6.04 Å². The van der Waals surface area contributed by atoms with E-state index in [2.05, 4.69) is 36.5 Å². The monoisotopic (exact) mass is 238 g/mol. The number of primary amides is 1. The summed E-state index contributed by atoms with van der Waals surface area (Å²) in [4.78, 5) is 11.0. The first-order chi connectivity index (χ1) is 7.63. The van der Waals surface area contributed by atoms with Crippen LogP contribution < -0.4 is 11.1 Å². The number of hydrogen-bond acceptors (Lipinski definition) is 3. The molecular formula is C12H18N2OS. The third-order valence-corrected chi connectivity index (χ3v) is 3.43. The molecule has 0 aliphatic heterocycles. The highest BCUT2D eigenvalue weighted by Gasteiger charge is 2.11. The smallest absolute Gasteiger partial charge is 0.235 e. The van der Waals surface area contributed by atoms with Gasteiger partial charge in [-0.05, 0) is 19.5 Å². The van der Waals surface area contributed by atoms with E-state index in [1.807, 2.05) is 0 Å². The summed E-state index contributed by atoms with van der Waals surface area (Å²) in [7, 11) is 1.75. The topological polar surface area (TPSA) is 55.1 Å². The Morgan fingerprint density at radius 2 is 2.31 bits per heavy atom. The second-order valence-corrected chi connectivity index (χ2v) is 4.78. The molecule has 16 heavy (non-hydrogen) atoms. The summed E-state index contributed by atoms with van der Waals surface area (Å²) in [5, 5.41) is 2.90. The predicted octanol–water partition coefficient (Wildman–Crippen LogP) is 1.30. The van der Waals surface area contributed by atoms with Crippen molar-refractivity contribution >= 4 is 17.7 Å². The maximum absolute atomic E-state index is 11.0. The first kappa shape index (κ1) is 13.1. The number of aryl methyl sites for hydroxylation is 1. The van der Waals surface area contributed by atoms with E-state index in [1.165, 1.54) is 11.1 Å². The minimum atomic E-state index is -0.292. The molecule has 88 valence electrons. The highest BCUT2D eigenvalue weighted by Crippen LogP contribution is 2.14. The molecule has 1 unspecified atom stereocenters. The van der Waals surface area contributed by atoms with Crippen LogP contribution in [0.4, 0.5) is 0 Å². The molecule has 0 aliphatic rings. The van der Waals surface area contributed by atoms with E-state index < -0.39 is 0 Å². The number of carbonyl (C=O) groups is 1. The van der Waals surface area contributed by atoms with Crippen molar-refractivity contribution in [3.05, 3.63) is 35.4 Å². The minimum Gasteiger partial charge on any atom is -0.368 e. The number of nitrogens with two attached hydrogens (primary N) is 1. The van der Waals surface area contributed by atoms with Crippen LogP contribution in [0.3, 0.4) is 0 Å². The van der Waals surface area contributed by atoms with Gasteiger partial charge in [0.1, 0.15) is 0 Å². The highest BCUT2D eigenvalue weighted by molar-refractivity contribution is 7.98. The molecule has 1 atom stereocenters. The molecule has 0 radical (unpaired) electrons. The van der Waals surface area contributed by atoms with Gasteiger partial charge in [-0.1, -0.05) is 29.8 Å². The Kier molecular flexibility index (Phi) is 5.35. The van der Waals surface area contributed by atoms with Gasteiger partial charge in [0.15, 0.2) is 0 Å². The molecule has 0 bridgehead atoms. The Labute approximate surface area is 101 Å². The van der Waals surface area contributed by atoms with Gasteiger partial charge in [-0.3, -0.25) is 4.79 Å². The summed E-state index contributed by atoms with van der Waals surface area (Å²) in [5.74, 6) is 1.33. The summed E-state index contributed by atoms with van der Waals surface area (Å²) in [6.07, 6.45) is 0. The maximum Gasteiger partial charge on any atom is 0.235 e. The van der Waals surface area contributed by atoms with Crippen molar-refractivity contribution in [2.24, 2.45) is 5.73 Å². The Bertz CT molecular complexity index is 355. The minimum absolute atomic E-state index is 0.241. The molecule has 0 heterocycles. The van der Waals surface area contributed by atoms with Crippen molar-refractivity contribution in [3.63, 3.8) is 0 Å². The first-order valence-corrected chi connectivity index (χ1v) is 6.39. The molecule has 0 spiro atoms. The molecule has 0 saturated carbocycles. The van der Waals surface area contributed by atoms with Crippen molar-refractivity contribution in [3.8, 4) is 0 Å². The molecule has 0 aliphatic carbocycles. The molecule has 1 rings (SSSR count). The van der Waals surface area contributed by atoms with Gasteiger partial charge >= 0.3 is 0 Å². The van der Waals surface area contributed by atoms with Gasteiger partial charge in [-0.15, -0.1) is 0 Å². The van der Waals surface area contributed by atoms with Crippen LogP contribution in [0.1, 0.15) is 11.1 Å². The number of hydrogen-bond donors (Lipinski definition) is 2. The third-order valence-electron chi connectivity index (χ3n) is 2.33. The van der Waals surface area contributed by atoms with E-state index in [1.54, 1.807) is 18.8 Å². The second kappa shape index (κ2) is 6.55. The molecule has 4 heteroatoms. The molecule has 3 N–H and O–H groups in total. The Morgan fingerprint density at radius 3 is 2.88 bits per heavy atom. The number of likely N-dealkylation sites (N-methyl/N-ethyl adjacent to an activating group) is 1. The van der Waals surface area contributed by atoms with Crippen LogP contribution in [0, 0.1) is 6.92 Å². The van der Waals surface area contributed by atoms with Crippen molar-refractivity contribution in [2.45, 2.75) is 18.7 Å². The van der Waals surface area contributed by atoms with Crippen LogP contribution >= 0.6 is 11.8 Å². The average Bonchev–Trinajstić information content (AvgIpc) is 2.24. The van der Waals surface area contributed by atoms with Crippen molar-refractivity contribution in [1.29, 1.82) is 0 Å². The van der Waals surface area contributed by atoms with Crippen molar-refractivity contribution < 1.29 is 4.79 Å². The lowest BCUT2D eigenvalue weighted by Crippen LogP contribution is -2.41. The van der Waals surface area contributed by atoms with Gasteiger partial charge in [0.25, 0.3) is 0 Å². The number of thioether (sulfide) groups is 1. The molecule has 0 fully saturated rings. The number of amides is 1. The molecular weight excluding hydrogens is 220 g/mol. The maximum atomic E-state index is 11.0. The van der Waals surface area contributed by atoms with Gasteiger partial charge in [0.2, 0.25) is 5.91 Å². The highest BCUT2D eigenvalue weighted by atomic mass is 32.2. The first-order valence-electron chi connectivity index (χ1n) is 5.23. The second-order valence-electron chi connectivity index (χ2n) is 3.75. The van der Waals surface area contributed by atoms with E-state index in [9.17, 15) is 4.79 Å². The van der Waals surface area contributed by atoms with E-state index in [0.29, 0.717) is 5.75 Å². The Balaban J connectivity index is 2.38. The fourth-order valence-corrected chi connectivity index (χ4v) is 2.50. The standard InChI is InChI=1S/C12H18N2OS/c1-9-4-3-5-10(6-9)7-16-8-11(14-2)12(13)15/h3-6,11,14H,7-8H2,1-2H3,(H2,13,15). The average molecular weight is 238 g/mol. The van der Waals surface area contributed by atoms with Gasteiger partial charge < -0.3 is 11.1 Å². The van der Waals surface area contributed by atoms with E-state index in [0.717, 1.165) is 5.75 Å². The molecule has 3 nitrogen and oxygen atoms in total. The van der Waals surface area contributed by atoms with Gasteiger partial charge in [-0.25, -0.2) is 0 Å². The van der Waals surface area contributed by atoms with E-state index in [-0.39, 0.29) is 11.9 Å². The zero-order valence-corrected chi connectivity index (χ0v) is 10.5. The van der Waals surface area contributed by atoms with E-state index in [4.69, 9.17) is 5.73 Å². The molecule has 0 aromatic heterocycles. The van der Waals surface area contributed by atoms with Crippen molar-refractivity contribution in [1.82, 2.24) is 5.32 Å². The summed E-state index contributed by atoms with van der Waals surface area (Å²) < 4.78 is 0. The van der Waals surface area contributed by atoms with Crippen LogP contribution in [0.5, 0.6) is 0 Å². The van der Waals surface area contributed by atoms with Crippen LogP contribution in [-0.4, -0.2) is 24.7 Å². The fraction of sp³-hybridized carbons (Fsp3) is 0.417. The number of carbonyl (C=O) groups excluding carboxylic acids is 1. The number of rotatable bonds is 6. The molecule has 1 aromatic carbocycles. The summed E-state index contributed by atoms with van der Waals surface area (Å²) in [5.41, 5.74) is 7.78. The van der Waals surface area contributed by atoms with Crippen LogP contribution in [0.15, 0.2) is 24.3 Å². The molecule has 1 aromatic rings. The van der Waals surface area contributed by atoms with Crippen LogP contribution in [-0.2, 0) is 10.5 Å². The fourth-order valence-electron chi connectivity index (χ4n) is 1.40. The lowest BCUT2D eigenvalue weighted by molar-refractivity contribution is -0.119. The lowest BCUT2D eigenvalue weighted by atomic mass is 10.2. The Hall–Kier alpha value is -1.00. The SMILES string of the molecule is CNC(CSCc1cccc(C)c1)C(N)=O. The van der Waals surface area contributed by atoms with Crippen molar-refractivity contribution in [2.75, 3.05) is 12.8 Å². The van der Waals surface area contributed by atoms with E-state index >= 15 is 0 Å². The third kappa shape index (κ3) is 4.24. The zero-order chi connectivity index (χ0) is 12.0. The summed E-state index contributed by atoms with van der Waals surface area (Å²) in [6, 6.07) is 8.14. The van der Waals surface area contributed by atoms with Crippen LogP contribution in [0.25, 0.3) is 0 Å². The number of nitrogens with one attached hydrogen (secondary N) is 1. The lowest BCUT2D eigenvalue weighted by Gasteiger charge is -2.11. The summed E-state index contributed by atoms with van der Waals surface area (Å²) >= 11 is 1.71.